The first-order valence-electron chi connectivity index (χ1n) is 0. The molecule has 0 rings (SSSR count). The van der Waals surface area contributed by atoms with Crippen LogP contribution in [0.4, 0.5) is 0 Å². The SMILES string of the molecule is [Li+].[Li+].[Li+].[Li+].[Li+].[Li+].[Li+].[Li+].[S-2].[S-2].[S-2].[S-2]. The second-order valence-electron chi connectivity index (χ2n) is 0. The molecular weight excluding hydrogens is 184 g/mol. The molecule has 0 bridgehead atoms. The molecule has 0 heterocycles. The maximum absolute atomic E-state index is 0. The molecule has 0 atom stereocenters. The van der Waals surface area contributed by atoms with Crippen molar-refractivity contribution in [2.45, 2.75) is 0 Å². The van der Waals surface area contributed by atoms with E-state index < -0.39 is 0 Å². The van der Waals surface area contributed by atoms with E-state index in [9.17, 15) is 0 Å². The zero-order valence-electron chi connectivity index (χ0n) is 9.63. The summed E-state index contributed by atoms with van der Waals surface area (Å²) < 4.78 is 0. The molecule has 0 aliphatic heterocycles. The quantitative estimate of drug-likeness (QED) is 0.328. The second kappa shape index (κ2) is 118. The van der Waals surface area contributed by atoms with Gasteiger partial charge in [-0.05, 0) is 0 Å². The molecule has 12 heavy (non-hydrogen) atoms. The van der Waals surface area contributed by atoms with Gasteiger partial charge in [0.25, 0.3) is 0 Å². The van der Waals surface area contributed by atoms with Gasteiger partial charge in [-0.15, -0.1) is 0 Å². The average molecular weight is 184 g/mol. The fraction of sp³-hybridized carbons (Fsp3) is 0. The van der Waals surface area contributed by atoms with Gasteiger partial charge in [0.2, 0.25) is 0 Å². The molecular formula is Li8S4. The van der Waals surface area contributed by atoms with Gasteiger partial charge < -0.3 is 54.0 Å². The van der Waals surface area contributed by atoms with Crippen molar-refractivity contribution in [3.63, 3.8) is 0 Å². The Balaban J connectivity index is 0. The molecule has 0 saturated carbocycles. The Bertz CT molecular complexity index is 11.0. The van der Waals surface area contributed by atoms with Crippen LogP contribution in [0.5, 0.6) is 0 Å². The summed E-state index contributed by atoms with van der Waals surface area (Å²) in [6, 6.07) is 0. The molecule has 0 spiro atoms. The molecule has 0 N–H and O–H groups in total. The van der Waals surface area contributed by atoms with Gasteiger partial charge in [0.15, 0.2) is 0 Å². The summed E-state index contributed by atoms with van der Waals surface area (Å²) in [6.07, 6.45) is 0. The van der Waals surface area contributed by atoms with Gasteiger partial charge in [0.1, 0.15) is 0 Å². The molecule has 12 heteroatoms. The fourth-order valence-electron chi connectivity index (χ4n) is 0. The van der Waals surface area contributed by atoms with Gasteiger partial charge in [-0.1, -0.05) is 0 Å². The summed E-state index contributed by atoms with van der Waals surface area (Å²) >= 11 is 0. The first kappa shape index (κ1) is 141. The topological polar surface area (TPSA) is 0 Å². The van der Waals surface area contributed by atoms with Crippen LogP contribution in [0.15, 0.2) is 0 Å². The molecule has 0 unspecified atom stereocenters. The summed E-state index contributed by atoms with van der Waals surface area (Å²) in [4.78, 5) is 0. The van der Waals surface area contributed by atoms with E-state index >= 15 is 0 Å². The average Bonchev–Trinajstić information content (AvgIpc) is 0. The zero-order valence-corrected chi connectivity index (χ0v) is 12.9. The molecule has 0 aliphatic carbocycles. The van der Waals surface area contributed by atoms with Crippen molar-refractivity contribution in [3.05, 3.63) is 0 Å². The van der Waals surface area contributed by atoms with Gasteiger partial charge in [-0.3, -0.25) is 0 Å². The minimum Gasteiger partial charge on any atom is -2.00 e. The Kier molecular flexibility index (Phi) is 1380. The maximum atomic E-state index is 0. The van der Waals surface area contributed by atoms with Crippen molar-refractivity contribution in [3.8, 4) is 0 Å². The summed E-state index contributed by atoms with van der Waals surface area (Å²) in [6.45, 7) is 0. The molecule has 32 valence electrons. The van der Waals surface area contributed by atoms with Gasteiger partial charge >= 0.3 is 151 Å². The Morgan fingerprint density at radius 3 is 0.167 bits per heavy atom. The fourth-order valence-corrected chi connectivity index (χ4v) is 0. The van der Waals surface area contributed by atoms with E-state index in [0.717, 1.165) is 0 Å². The van der Waals surface area contributed by atoms with Crippen molar-refractivity contribution in [2.75, 3.05) is 0 Å². The number of rotatable bonds is 0. The molecule has 0 aromatic rings. The standard InChI is InChI=1S/8Li.4S/q8*+1;4*-2. The molecule has 0 aliphatic rings. The van der Waals surface area contributed by atoms with Crippen LogP contribution in [0.1, 0.15) is 0 Å². The molecule has 0 amide bonds. The van der Waals surface area contributed by atoms with Crippen LogP contribution < -0.4 is 151 Å². The van der Waals surface area contributed by atoms with E-state index in [2.05, 4.69) is 0 Å². The summed E-state index contributed by atoms with van der Waals surface area (Å²) in [5.41, 5.74) is 0. The van der Waals surface area contributed by atoms with Gasteiger partial charge in [-0.2, -0.15) is 0 Å². The molecule has 0 aromatic carbocycles. The van der Waals surface area contributed by atoms with E-state index in [4.69, 9.17) is 0 Å². The van der Waals surface area contributed by atoms with E-state index in [1.807, 2.05) is 0 Å². The molecule has 0 saturated heterocycles. The van der Waals surface area contributed by atoms with Crippen molar-refractivity contribution >= 4 is 54.0 Å². The van der Waals surface area contributed by atoms with Crippen molar-refractivity contribution in [1.82, 2.24) is 0 Å². The van der Waals surface area contributed by atoms with Crippen molar-refractivity contribution < 1.29 is 151 Å². The zero-order chi connectivity index (χ0) is 0. The second-order valence-corrected chi connectivity index (χ2v) is 0. The number of hydrogen-bond acceptors (Lipinski definition) is 0. The van der Waals surface area contributed by atoms with Gasteiger partial charge in [0, 0.05) is 0 Å². The molecule has 0 fully saturated rings. The van der Waals surface area contributed by atoms with Crippen LogP contribution in [0, 0.1) is 0 Å². The number of hydrogen-bond donors (Lipinski definition) is 0. The largest absolute Gasteiger partial charge is 2.00 e. The third-order valence-electron chi connectivity index (χ3n) is 0. The summed E-state index contributed by atoms with van der Waals surface area (Å²) in [7, 11) is 0. The Morgan fingerprint density at radius 2 is 0.167 bits per heavy atom. The normalized spacial score (nSPS) is 0. The maximum Gasteiger partial charge on any atom is 1.00 e. The van der Waals surface area contributed by atoms with Crippen molar-refractivity contribution in [2.24, 2.45) is 0 Å². The Morgan fingerprint density at radius 1 is 0.167 bits per heavy atom. The third-order valence-corrected chi connectivity index (χ3v) is 0. The smallest absolute Gasteiger partial charge is 1.00 e. The van der Waals surface area contributed by atoms with Gasteiger partial charge in [-0.25, -0.2) is 0 Å². The monoisotopic (exact) mass is 184 g/mol. The minimum atomic E-state index is 0. The Hall–Kier alpha value is 6.18. The van der Waals surface area contributed by atoms with Crippen LogP contribution in [0.25, 0.3) is 0 Å². The van der Waals surface area contributed by atoms with E-state index in [1.54, 1.807) is 0 Å². The first-order valence-corrected chi connectivity index (χ1v) is 0. The van der Waals surface area contributed by atoms with Gasteiger partial charge in [0.05, 0.1) is 0 Å². The van der Waals surface area contributed by atoms with E-state index in [0.29, 0.717) is 0 Å². The van der Waals surface area contributed by atoms with Crippen molar-refractivity contribution in [1.29, 1.82) is 0 Å². The minimum absolute atomic E-state index is 0. The first-order chi connectivity index (χ1) is 0. The molecule has 0 nitrogen and oxygen atoms in total. The molecule has 0 radical (unpaired) electrons. The third kappa shape index (κ3) is 97.6. The van der Waals surface area contributed by atoms with Crippen LogP contribution in [-0.2, 0) is 54.0 Å². The predicted molar refractivity (Wildman–Crippen MR) is 29.5 cm³/mol. The van der Waals surface area contributed by atoms with E-state index in [-0.39, 0.29) is 205 Å². The summed E-state index contributed by atoms with van der Waals surface area (Å²) in [5.74, 6) is 0. The van der Waals surface area contributed by atoms with Crippen LogP contribution in [0.2, 0.25) is 0 Å². The predicted octanol–water partition coefficient (Wildman–Crippen LogP) is -24.0. The van der Waals surface area contributed by atoms with Crippen LogP contribution in [-0.4, -0.2) is 0 Å². The van der Waals surface area contributed by atoms with Crippen LogP contribution in [0.3, 0.4) is 0 Å². The van der Waals surface area contributed by atoms with E-state index in [1.165, 1.54) is 0 Å². The summed E-state index contributed by atoms with van der Waals surface area (Å²) in [5, 5.41) is 0. The molecule has 0 aromatic heterocycles. The van der Waals surface area contributed by atoms with Crippen LogP contribution >= 0.6 is 0 Å². The Labute approximate surface area is 201 Å².